The summed E-state index contributed by atoms with van der Waals surface area (Å²) < 4.78 is 64.8. The van der Waals surface area contributed by atoms with E-state index in [-0.39, 0.29) is 23.5 Å². The van der Waals surface area contributed by atoms with Gasteiger partial charge in [0.05, 0.1) is 10.9 Å². The topological polar surface area (TPSA) is 95.6 Å². The molecule has 2 aliphatic heterocycles. The van der Waals surface area contributed by atoms with Crippen molar-refractivity contribution in [3.63, 3.8) is 0 Å². The Morgan fingerprint density at radius 1 is 1.07 bits per heavy atom. The fourth-order valence-corrected chi connectivity index (χ4v) is 5.42. The van der Waals surface area contributed by atoms with Gasteiger partial charge in [-0.3, -0.25) is 4.79 Å². The summed E-state index contributed by atoms with van der Waals surface area (Å²) in [6.45, 7) is -0.189. The Kier molecular flexibility index (Phi) is 4.72. The fraction of sp³-hybridized carbons (Fsp3) is 0.263. The lowest BCUT2D eigenvalue weighted by Gasteiger charge is -2.21. The lowest BCUT2D eigenvalue weighted by Crippen LogP contribution is -2.40. The van der Waals surface area contributed by atoms with Gasteiger partial charge in [-0.15, -0.1) is 0 Å². The van der Waals surface area contributed by atoms with Crippen molar-refractivity contribution in [2.75, 3.05) is 11.4 Å². The summed E-state index contributed by atoms with van der Waals surface area (Å²) >= 11 is 0. The Bertz CT molecular complexity index is 1120. The van der Waals surface area contributed by atoms with Crippen molar-refractivity contribution in [3.05, 3.63) is 59.7 Å². The second-order valence-corrected chi connectivity index (χ2v) is 9.04. The molecule has 0 aliphatic carbocycles. The lowest BCUT2D eigenvalue weighted by atomic mass is 10.1. The van der Waals surface area contributed by atoms with Crippen molar-refractivity contribution in [3.8, 4) is 0 Å². The molecule has 7 nitrogen and oxygen atoms in total. The number of hydrogen-bond donors (Lipinski definition) is 2. The summed E-state index contributed by atoms with van der Waals surface area (Å²) in [5.41, 5.74) is 0.944. The van der Waals surface area contributed by atoms with Crippen LogP contribution in [0.5, 0.6) is 0 Å². The standard InChI is InChI=1S/C19H16F3N3O4S/c20-19(21,22)17(26)25-9-8-12-10-13(6-7-14(12)25)30(28,29)16-15(23-18(27)24-16)11-4-2-1-3-5-11/h1-7,10,15-16H,8-9H2,(H2,23,24,27). The van der Waals surface area contributed by atoms with Gasteiger partial charge in [-0.25, -0.2) is 13.2 Å². The number of benzene rings is 2. The highest BCUT2D eigenvalue weighted by molar-refractivity contribution is 7.92. The zero-order chi connectivity index (χ0) is 21.7. The first kappa shape index (κ1) is 20.2. The number of nitrogens with one attached hydrogen (secondary N) is 2. The number of hydrogen-bond acceptors (Lipinski definition) is 4. The molecule has 0 saturated carbocycles. The average molecular weight is 439 g/mol. The van der Waals surface area contributed by atoms with Crippen molar-refractivity contribution in [2.24, 2.45) is 0 Å². The maximum atomic E-state index is 13.2. The van der Waals surface area contributed by atoms with E-state index in [4.69, 9.17) is 0 Å². The molecular weight excluding hydrogens is 423 g/mol. The molecule has 2 unspecified atom stereocenters. The summed E-state index contributed by atoms with van der Waals surface area (Å²) in [6.07, 6.45) is -4.92. The molecule has 0 bridgehead atoms. The monoisotopic (exact) mass is 439 g/mol. The van der Waals surface area contributed by atoms with Crippen LogP contribution in [0.4, 0.5) is 23.7 Å². The first-order valence-electron chi connectivity index (χ1n) is 8.96. The smallest absolute Gasteiger partial charge is 0.328 e. The number of urea groups is 1. The molecule has 158 valence electrons. The number of nitrogens with zero attached hydrogens (tertiary/aromatic N) is 1. The summed E-state index contributed by atoms with van der Waals surface area (Å²) in [4.78, 5) is 23.9. The minimum Gasteiger partial charge on any atom is -0.328 e. The van der Waals surface area contributed by atoms with E-state index in [1.165, 1.54) is 12.1 Å². The normalized spacial score (nSPS) is 21.2. The predicted octanol–water partition coefficient (Wildman–Crippen LogP) is 2.29. The largest absolute Gasteiger partial charge is 0.471 e. The molecule has 2 aromatic rings. The van der Waals surface area contributed by atoms with Gasteiger partial charge in [0.1, 0.15) is 0 Å². The Labute approximate surface area is 169 Å². The molecule has 2 heterocycles. The van der Waals surface area contributed by atoms with E-state index in [9.17, 15) is 31.2 Å². The molecular formula is C19H16F3N3O4S. The van der Waals surface area contributed by atoms with Crippen LogP contribution in [0.2, 0.25) is 0 Å². The lowest BCUT2D eigenvalue weighted by molar-refractivity contribution is -0.170. The van der Waals surface area contributed by atoms with Gasteiger partial charge >= 0.3 is 18.1 Å². The van der Waals surface area contributed by atoms with Crippen molar-refractivity contribution in [1.29, 1.82) is 0 Å². The Hall–Kier alpha value is -3.08. The molecule has 2 aromatic carbocycles. The van der Waals surface area contributed by atoms with Crippen LogP contribution >= 0.6 is 0 Å². The van der Waals surface area contributed by atoms with Crippen LogP contribution in [-0.2, 0) is 21.1 Å². The first-order valence-corrected chi connectivity index (χ1v) is 10.5. The van der Waals surface area contributed by atoms with Gasteiger partial charge in [-0.1, -0.05) is 30.3 Å². The van der Waals surface area contributed by atoms with Gasteiger partial charge in [0.2, 0.25) is 9.84 Å². The third-order valence-corrected chi connectivity index (χ3v) is 7.09. The molecule has 1 fully saturated rings. The molecule has 0 spiro atoms. The molecule has 30 heavy (non-hydrogen) atoms. The molecule has 0 radical (unpaired) electrons. The highest BCUT2D eigenvalue weighted by atomic mass is 32.2. The summed E-state index contributed by atoms with van der Waals surface area (Å²) in [5, 5.41) is 3.69. The Morgan fingerprint density at radius 2 is 1.77 bits per heavy atom. The Morgan fingerprint density at radius 3 is 2.43 bits per heavy atom. The Balaban J connectivity index is 1.67. The van der Waals surface area contributed by atoms with Gasteiger partial charge in [0.25, 0.3) is 0 Å². The van der Waals surface area contributed by atoms with E-state index in [2.05, 4.69) is 10.6 Å². The van der Waals surface area contributed by atoms with E-state index in [1.807, 2.05) is 0 Å². The highest BCUT2D eigenvalue weighted by Gasteiger charge is 2.46. The molecule has 2 aliphatic rings. The highest BCUT2D eigenvalue weighted by Crippen LogP contribution is 2.35. The van der Waals surface area contributed by atoms with Crippen LogP contribution < -0.4 is 15.5 Å². The molecule has 3 amide bonds. The predicted molar refractivity (Wildman–Crippen MR) is 100 cm³/mol. The first-order chi connectivity index (χ1) is 14.1. The third kappa shape index (κ3) is 3.38. The fourth-order valence-electron chi connectivity index (χ4n) is 3.71. The third-order valence-electron chi connectivity index (χ3n) is 5.12. The van der Waals surface area contributed by atoms with Crippen LogP contribution in [0.1, 0.15) is 17.2 Å². The summed E-state index contributed by atoms with van der Waals surface area (Å²) in [5.74, 6) is -1.99. The van der Waals surface area contributed by atoms with Gasteiger partial charge in [0.15, 0.2) is 5.37 Å². The van der Waals surface area contributed by atoms with E-state index < -0.39 is 39.4 Å². The molecule has 2 atom stereocenters. The minimum atomic E-state index is -5.02. The number of fused-ring (bicyclic) bond motifs is 1. The van der Waals surface area contributed by atoms with Gasteiger partial charge < -0.3 is 15.5 Å². The van der Waals surface area contributed by atoms with Crippen LogP contribution in [0, 0.1) is 0 Å². The van der Waals surface area contributed by atoms with Crippen molar-refractivity contribution in [2.45, 2.75) is 28.9 Å². The van der Waals surface area contributed by atoms with E-state index in [0.29, 0.717) is 16.0 Å². The molecule has 11 heteroatoms. The maximum Gasteiger partial charge on any atom is 0.471 e. The van der Waals surface area contributed by atoms with Crippen LogP contribution in [-0.4, -0.2) is 38.5 Å². The molecule has 0 aromatic heterocycles. The van der Waals surface area contributed by atoms with E-state index in [1.54, 1.807) is 30.3 Å². The number of halogens is 3. The van der Waals surface area contributed by atoms with Crippen LogP contribution in [0.3, 0.4) is 0 Å². The number of carbonyl (C=O) groups is 2. The zero-order valence-electron chi connectivity index (χ0n) is 15.3. The SMILES string of the molecule is O=C1NC(c2ccccc2)C(S(=O)(=O)c2ccc3c(c2)CCN3C(=O)C(F)(F)F)N1. The second kappa shape index (κ2) is 7.01. The summed E-state index contributed by atoms with van der Waals surface area (Å²) in [6, 6.07) is 10.7. The quantitative estimate of drug-likeness (QED) is 0.767. The zero-order valence-corrected chi connectivity index (χ0v) is 16.1. The number of sulfone groups is 1. The van der Waals surface area contributed by atoms with Gasteiger partial charge in [-0.2, -0.15) is 13.2 Å². The van der Waals surface area contributed by atoms with Gasteiger partial charge in [0, 0.05) is 12.2 Å². The van der Waals surface area contributed by atoms with Crippen LogP contribution in [0.15, 0.2) is 53.4 Å². The maximum absolute atomic E-state index is 13.2. The van der Waals surface area contributed by atoms with Crippen molar-refractivity contribution in [1.82, 2.24) is 10.6 Å². The number of amides is 3. The molecule has 2 N–H and O–H groups in total. The van der Waals surface area contributed by atoms with Crippen LogP contribution in [0.25, 0.3) is 0 Å². The number of rotatable bonds is 3. The molecule has 1 saturated heterocycles. The molecule has 4 rings (SSSR count). The minimum absolute atomic E-state index is 0.0319. The average Bonchev–Trinajstić information content (AvgIpc) is 3.30. The number of alkyl halides is 3. The summed E-state index contributed by atoms with van der Waals surface area (Å²) in [7, 11) is -4.08. The van der Waals surface area contributed by atoms with E-state index >= 15 is 0 Å². The van der Waals surface area contributed by atoms with E-state index in [0.717, 1.165) is 6.07 Å². The van der Waals surface area contributed by atoms with Crippen molar-refractivity contribution >= 4 is 27.5 Å². The number of carbonyl (C=O) groups excluding carboxylic acids is 2. The number of anilines is 1. The second-order valence-electron chi connectivity index (χ2n) is 6.97. The van der Waals surface area contributed by atoms with Crippen molar-refractivity contribution < 1.29 is 31.2 Å². The van der Waals surface area contributed by atoms with Gasteiger partial charge in [-0.05, 0) is 35.7 Å².